The van der Waals surface area contributed by atoms with Gasteiger partial charge in [-0.3, -0.25) is 4.79 Å². The zero-order valence-corrected chi connectivity index (χ0v) is 13.6. The monoisotopic (exact) mass is 290 g/mol. The van der Waals surface area contributed by atoms with E-state index in [9.17, 15) is 4.79 Å². The number of carbonyl (C=O) groups excluding carboxylic acids is 1. The maximum atomic E-state index is 12.4. The number of nitrogens with zero attached hydrogens (tertiary/aromatic N) is 1. The first kappa shape index (κ1) is 15.8. The summed E-state index contributed by atoms with van der Waals surface area (Å²) in [5, 5.41) is 7.06. The minimum Gasteiger partial charge on any atom is -0.361 e. The van der Waals surface area contributed by atoms with Gasteiger partial charge in [-0.1, -0.05) is 37.6 Å². The van der Waals surface area contributed by atoms with E-state index in [0.717, 1.165) is 12.1 Å². The lowest BCUT2D eigenvalue weighted by Crippen LogP contribution is -2.28. The lowest BCUT2D eigenvalue weighted by Gasteiger charge is -2.17. The van der Waals surface area contributed by atoms with Gasteiger partial charge in [-0.15, -0.1) is 0 Å². The van der Waals surface area contributed by atoms with Crippen LogP contribution in [0.25, 0.3) is 0 Å². The average molecular weight is 290 g/mol. The van der Waals surface area contributed by atoms with E-state index in [-0.39, 0.29) is 11.3 Å². The summed E-state index contributed by atoms with van der Waals surface area (Å²) in [5.74, 6) is 0.518. The summed E-state index contributed by atoms with van der Waals surface area (Å²) in [6.07, 6.45) is 8.20. The predicted molar refractivity (Wildman–Crippen MR) is 83.4 cm³/mol. The molecule has 0 atom stereocenters. The van der Waals surface area contributed by atoms with Crippen molar-refractivity contribution in [3.8, 4) is 0 Å². The zero-order valence-electron chi connectivity index (χ0n) is 13.6. The number of rotatable bonds is 4. The highest BCUT2D eigenvalue weighted by molar-refractivity contribution is 5.96. The van der Waals surface area contributed by atoms with E-state index in [1.54, 1.807) is 6.92 Å². The second-order valence-corrected chi connectivity index (χ2v) is 6.83. The number of aryl methyl sites for hydroxylation is 1. The van der Waals surface area contributed by atoms with Gasteiger partial charge in [0.2, 0.25) is 0 Å². The molecule has 2 rings (SSSR count). The molecule has 0 aliphatic heterocycles. The molecule has 0 unspecified atom stereocenters. The van der Waals surface area contributed by atoms with Crippen LogP contribution in [0.4, 0.5) is 0 Å². The number of hydrogen-bond donors (Lipinski definition) is 1. The summed E-state index contributed by atoms with van der Waals surface area (Å²) in [5.41, 5.74) is 2.60. The lowest BCUT2D eigenvalue weighted by atomic mass is 9.88. The maximum Gasteiger partial charge on any atom is 0.256 e. The number of amides is 1. The van der Waals surface area contributed by atoms with E-state index in [0.29, 0.717) is 17.9 Å². The number of aromatic nitrogens is 1. The molecule has 0 fully saturated rings. The van der Waals surface area contributed by atoms with Gasteiger partial charge < -0.3 is 9.84 Å². The summed E-state index contributed by atoms with van der Waals surface area (Å²) in [6.45, 7) is 8.58. The van der Waals surface area contributed by atoms with Crippen LogP contribution in [0.5, 0.6) is 0 Å². The Morgan fingerprint density at radius 2 is 2.14 bits per heavy atom. The molecule has 0 bridgehead atoms. The highest BCUT2D eigenvalue weighted by atomic mass is 16.5. The van der Waals surface area contributed by atoms with Gasteiger partial charge in [0.15, 0.2) is 0 Å². The Morgan fingerprint density at radius 3 is 2.76 bits per heavy atom. The van der Waals surface area contributed by atoms with Crippen LogP contribution in [0.2, 0.25) is 0 Å². The average Bonchev–Trinajstić information content (AvgIpc) is 2.82. The summed E-state index contributed by atoms with van der Waals surface area (Å²) in [7, 11) is 0. The standard InChI is InChI=1S/C17H26N2O2/c1-12-14(15(19-21-12)17(2,3)4)16(20)18-11-10-13-8-6-5-7-9-13/h8H,5-7,9-11H2,1-4H3,(H,18,20). The number of allylic oxidation sites excluding steroid dienone is 1. The molecular formula is C17H26N2O2. The molecule has 0 saturated carbocycles. The second kappa shape index (κ2) is 6.46. The predicted octanol–water partition coefficient (Wildman–Crippen LogP) is 3.90. The molecule has 1 aromatic heterocycles. The lowest BCUT2D eigenvalue weighted by molar-refractivity contribution is 0.0950. The second-order valence-electron chi connectivity index (χ2n) is 6.83. The quantitative estimate of drug-likeness (QED) is 0.856. The number of carbonyl (C=O) groups is 1. The van der Waals surface area contributed by atoms with Gasteiger partial charge in [-0.2, -0.15) is 0 Å². The van der Waals surface area contributed by atoms with Gasteiger partial charge >= 0.3 is 0 Å². The van der Waals surface area contributed by atoms with Crippen molar-refractivity contribution < 1.29 is 9.32 Å². The smallest absolute Gasteiger partial charge is 0.256 e. The Balaban J connectivity index is 1.97. The van der Waals surface area contributed by atoms with Gasteiger partial charge in [-0.25, -0.2) is 0 Å². The molecule has 116 valence electrons. The van der Waals surface area contributed by atoms with Crippen LogP contribution in [0.15, 0.2) is 16.2 Å². The van der Waals surface area contributed by atoms with Crippen LogP contribution in [0.3, 0.4) is 0 Å². The van der Waals surface area contributed by atoms with Crippen molar-refractivity contribution in [1.82, 2.24) is 10.5 Å². The van der Waals surface area contributed by atoms with Crippen molar-refractivity contribution in [3.63, 3.8) is 0 Å². The molecule has 1 aromatic rings. The van der Waals surface area contributed by atoms with Gasteiger partial charge in [0.1, 0.15) is 17.0 Å². The topological polar surface area (TPSA) is 55.1 Å². The Bertz CT molecular complexity index is 535. The fourth-order valence-corrected chi connectivity index (χ4v) is 2.71. The molecular weight excluding hydrogens is 264 g/mol. The SMILES string of the molecule is Cc1onc(C(C)(C)C)c1C(=O)NCCC1=CCCCC1. The Labute approximate surface area is 127 Å². The highest BCUT2D eigenvalue weighted by Gasteiger charge is 2.28. The number of hydrogen-bond acceptors (Lipinski definition) is 3. The van der Waals surface area contributed by atoms with E-state index in [1.807, 2.05) is 20.8 Å². The van der Waals surface area contributed by atoms with Crippen molar-refractivity contribution in [2.24, 2.45) is 0 Å². The van der Waals surface area contributed by atoms with Gasteiger partial charge in [0.05, 0.1) is 0 Å². The van der Waals surface area contributed by atoms with Crippen molar-refractivity contribution in [1.29, 1.82) is 0 Å². The molecule has 0 spiro atoms. The first-order valence-corrected chi connectivity index (χ1v) is 7.82. The molecule has 1 N–H and O–H groups in total. The van der Waals surface area contributed by atoms with Crippen molar-refractivity contribution in [2.75, 3.05) is 6.54 Å². The van der Waals surface area contributed by atoms with Crippen LogP contribution in [-0.2, 0) is 5.41 Å². The summed E-state index contributed by atoms with van der Waals surface area (Å²) < 4.78 is 5.22. The fraction of sp³-hybridized carbons (Fsp3) is 0.647. The molecule has 1 heterocycles. The van der Waals surface area contributed by atoms with E-state index < -0.39 is 0 Å². The Kier molecular flexibility index (Phi) is 4.86. The largest absolute Gasteiger partial charge is 0.361 e. The first-order chi connectivity index (χ1) is 9.89. The molecule has 4 nitrogen and oxygen atoms in total. The highest BCUT2D eigenvalue weighted by Crippen LogP contribution is 2.27. The van der Waals surface area contributed by atoms with Crippen molar-refractivity contribution in [3.05, 3.63) is 28.7 Å². The van der Waals surface area contributed by atoms with Crippen LogP contribution in [0.1, 0.15) is 74.7 Å². The third kappa shape index (κ3) is 3.96. The van der Waals surface area contributed by atoms with Crippen LogP contribution in [0, 0.1) is 6.92 Å². The summed E-state index contributed by atoms with van der Waals surface area (Å²) >= 11 is 0. The Morgan fingerprint density at radius 1 is 1.38 bits per heavy atom. The zero-order chi connectivity index (χ0) is 15.5. The molecule has 1 aliphatic rings. The van der Waals surface area contributed by atoms with Crippen LogP contribution < -0.4 is 5.32 Å². The van der Waals surface area contributed by atoms with Gasteiger partial charge in [0, 0.05) is 12.0 Å². The third-order valence-corrected chi connectivity index (χ3v) is 3.92. The minimum absolute atomic E-state index is 0.0740. The van der Waals surface area contributed by atoms with E-state index in [2.05, 4.69) is 16.5 Å². The van der Waals surface area contributed by atoms with Crippen molar-refractivity contribution in [2.45, 2.75) is 65.2 Å². The maximum absolute atomic E-state index is 12.4. The summed E-state index contributed by atoms with van der Waals surface area (Å²) in [6, 6.07) is 0. The molecule has 0 radical (unpaired) electrons. The van der Waals surface area contributed by atoms with Gasteiger partial charge in [-0.05, 0) is 39.0 Å². The van der Waals surface area contributed by atoms with E-state index in [4.69, 9.17) is 4.52 Å². The normalized spacial score (nSPS) is 15.7. The molecule has 1 amide bonds. The fourth-order valence-electron chi connectivity index (χ4n) is 2.71. The minimum atomic E-state index is -0.198. The van der Waals surface area contributed by atoms with E-state index in [1.165, 1.54) is 31.3 Å². The molecule has 0 aromatic carbocycles. The number of nitrogens with one attached hydrogen (secondary N) is 1. The molecule has 0 saturated heterocycles. The molecule has 4 heteroatoms. The molecule has 1 aliphatic carbocycles. The van der Waals surface area contributed by atoms with Crippen LogP contribution in [-0.4, -0.2) is 17.6 Å². The van der Waals surface area contributed by atoms with Gasteiger partial charge in [0.25, 0.3) is 5.91 Å². The van der Waals surface area contributed by atoms with E-state index >= 15 is 0 Å². The Hall–Kier alpha value is -1.58. The first-order valence-electron chi connectivity index (χ1n) is 7.82. The molecule has 21 heavy (non-hydrogen) atoms. The summed E-state index contributed by atoms with van der Waals surface area (Å²) in [4.78, 5) is 12.4. The van der Waals surface area contributed by atoms with Crippen molar-refractivity contribution >= 4 is 5.91 Å². The third-order valence-electron chi connectivity index (χ3n) is 3.92. The van der Waals surface area contributed by atoms with Crippen LogP contribution >= 0.6 is 0 Å².